The van der Waals surface area contributed by atoms with Gasteiger partial charge in [-0.05, 0) is 31.2 Å². The molecule has 0 fully saturated rings. The van der Waals surface area contributed by atoms with E-state index in [-0.39, 0.29) is 0 Å². The third-order valence-corrected chi connectivity index (χ3v) is 4.24. The molecule has 3 nitrogen and oxygen atoms in total. The van der Waals surface area contributed by atoms with Gasteiger partial charge in [0.1, 0.15) is 11.5 Å². The summed E-state index contributed by atoms with van der Waals surface area (Å²) in [7, 11) is -0.937. The minimum absolute atomic E-state index is 0.472. The topological polar surface area (TPSA) is 42.2 Å². The summed E-state index contributed by atoms with van der Waals surface area (Å²) in [4.78, 5) is 0. The van der Waals surface area contributed by atoms with E-state index >= 15 is 0 Å². The molecular weight excluding hydrogens is 270 g/mol. The molecule has 1 unspecified atom stereocenters. The van der Waals surface area contributed by atoms with E-state index in [4.69, 9.17) is 4.42 Å². The molecule has 108 valence electrons. The van der Waals surface area contributed by atoms with Crippen LogP contribution in [0.25, 0.3) is 0 Å². The monoisotopic (exact) mass is 291 g/mol. The Bertz CT molecular complexity index is 577. The molecule has 1 aromatic heterocycles. The molecule has 2 rings (SSSR count). The summed E-state index contributed by atoms with van der Waals surface area (Å²) in [6.45, 7) is 5.74. The molecule has 0 aliphatic rings. The number of rotatable bonds is 7. The third-order valence-electron chi connectivity index (χ3n) is 2.98. The highest BCUT2D eigenvalue weighted by atomic mass is 32.2. The lowest BCUT2D eigenvalue weighted by Gasteiger charge is -2.02. The Kier molecular flexibility index (Phi) is 5.56. The van der Waals surface area contributed by atoms with Crippen LogP contribution in [0.15, 0.2) is 40.8 Å². The molecule has 1 N–H and O–H groups in total. The van der Waals surface area contributed by atoms with Gasteiger partial charge in [0, 0.05) is 16.6 Å². The highest BCUT2D eigenvalue weighted by Crippen LogP contribution is 2.13. The predicted molar refractivity (Wildman–Crippen MR) is 82.8 cm³/mol. The minimum Gasteiger partial charge on any atom is -0.464 e. The molecule has 2 aromatic rings. The van der Waals surface area contributed by atoms with Crippen LogP contribution in [0.2, 0.25) is 0 Å². The fourth-order valence-electron chi connectivity index (χ4n) is 2.04. The molecule has 1 aromatic carbocycles. The van der Waals surface area contributed by atoms with Crippen molar-refractivity contribution in [3.63, 3.8) is 0 Å². The first-order valence-corrected chi connectivity index (χ1v) is 8.35. The van der Waals surface area contributed by atoms with Gasteiger partial charge in [0.2, 0.25) is 0 Å². The maximum absolute atomic E-state index is 12.2. The second kappa shape index (κ2) is 7.41. The summed E-state index contributed by atoms with van der Waals surface area (Å²) in [6.07, 6.45) is 0. The molecule has 0 spiro atoms. The van der Waals surface area contributed by atoms with Gasteiger partial charge in [0.25, 0.3) is 0 Å². The lowest BCUT2D eigenvalue weighted by molar-refractivity contribution is 0.461. The number of aryl methyl sites for hydroxylation is 1. The number of benzene rings is 1. The van der Waals surface area contributed by atoms with Crippen molar-refractivity contribution in [3.8, 4) is 0 Å². The number of furan rings is 1. The van der Waals surface area contributed by atoms with Crippen molar-refractivity contribution in [1.82, 2.24) is 5.32 Å². The molecule has 0 bridgehead atoms. The number of nitrogens with one attached hydrogen (secondary N) is 1. The van der Waals surface area contributed by atoms with Crippen molar-refractivity contribution in [2.24, 2.45) is 0 Å². The van der Waals surface area contributed by atoms with Gasteiger partial charge < -0.3 is 9.73 Å². The molecule has 4 heteroatoms. The van der Waals surface area contributed by atoms with Gasteiger partial charge in [0.05, 0.1) is 12.3 Å². The van der Waals surface area contributed by atoms with Gasteiger partial charge in [-0.3, -0.25) is 4.21 Å². The zero-order chi connectivity index (χ0) is 14.4. The van der Waals surface area contributed by atoms with E-state index in [0.717, 1.165) is 30.2 Å². The van der Waals surface area contributed by atoms with Crippen molar-refractivity contribution in [2.45, 2.75) is 31.9 Å². The summed E-state index contributed by atoms with van der Waals surface area (Å²) in [5.74, 6) is 2.74. The average Bonchev–Trinajstić information content (AvgIpc) is 2.83. The Morgan fingerprint density at radius 2 is 1.95 bits per heavy atom. The van der Waals surface area contributed by atoms with E-state index < -0.39 is 10.8 Å². The van der Waals surface area contributed by atoms with Crippen LogP contribution in [0, 0.1) is 6.92 Å². The van der Waals surface area contributed by atoms with Crippen LogP contribution in [0.3, 0.4) is 0 Å². The molecular formula is C16H21NO2S. The first-order valence-electron chi connectivity index (χ1n) is 6.86. The number of hydrogen-bond donors (Lipinski definition) is 1. The summed E-state index contributed by atoms with van der Waals surface area (Å²) < 4.78 is 17.8. The van der Waals surface area contributed by atoms with Gasteiger partial charge in [0.15, 0.2) is 0 Å². The van der Waals surface area contributed by atoms with E-state index in [1.807, 2.05) is 37.3 Å². The van der Waals surface area contributed by atoms with Crippen molar-refractivity contribution in [2.75, 3.05) is 6.54 Å². The Balaban J connectivity index is 1.89. The van der Waals surface area contributed by atoms with Crippen LogP contribution in [0.5, 0.6) is 0 Å². The lowest BCUT2D eigenvalue weighted by atomic mass is 10.2. The fourth-order valence-corrected chi connectivity index (χ4v) is 3.17. The van der Waals surface area contributed by atoms with E-state index in [2.05, 4.69) is 18.3 Å². The maximum atomic E-state index is 12.2. The number of hydrogen-bond acceptors (Lipinski definition) is 3. The minimum atomic E-state index is -0.937. The molecule has 20 heavy (non-hydrogen) atoms. The van der Waals surface area contributed by atoms with Crippen molar-refractivity contribution >= 4 is 10.8 Å². The second-order valence-electron chi connectivity index (χ2n) is 4.87. The van der Waals surface area contributed by atoms with Crippen LogP contribution >= 0.6 is 0 Å². The molecule has 0 saturated heterocycles. The SMILES string of the molecule is CCNCc1ccc(CS(=O)Cc2cccc(C)c2)o1. The predicted octanol–water partition coefficient (Wildman–Crippen LogP) is 3.15. The first-order chi connectivity index (χ1) is 9.67. The Morgan fingerprint density at radius 3 is 2.70 bits per heavy atom. The summed E-state index contributed by atoms with van der Waals surface area (Å²) in [5.41, 5.74) is 2.31. The lowest BCUT2D eigenvalue weighted by Crippen LogP contribution is -2.10. The van der Waals surface area contributed by atoms with Crippen LogP contribution < -0.4 is 5.32 Å². The smallest absolute Gasteiger partial charge is 0.118 e. The standard InChI is InChI=1S/C16H21NO2S/c1-3-17-10-15-7-8-16(19-15)12-20(18)11-14-6-4-5-13(2)9-14/h4-9,17H,3,10-12H2,1-2H3. The Labute approximate surface area is 122 Å². The van der Waals surface area contributed by atoms with Crippen LogP contribution in [-0.4, -0.2) is 10.8 Å². The second-order valence-corrected chi connectivity index (χ2v) is 6.32. The van der Waals surface area contributed by atoms with Gasteiger partial charge >= 0.3 is 0 Å². The summed E-state index contributed by atoms with van der Waals surface area (Å²) >= 11 is 0. The fraction of sp³-hybridized carbons (Fsp3) is 0.375. The van der Waals surface area contributed by atoms with Crippen LogP contribution in [-0.2, 0) is 28.9 Å². The first kappa shape index (κ1) is 15.0. The van der Waals surface area contributed by atoms with Crippen molar-refractivity contribution in [1.29, 1.82) is 0 Å². The normalized spacial score (nSPS) is 12.5. The van der Waals surface area contributed by atoms with Gasteiger partial charge in [-0.2, -0.15) is 0 Å². The highest BCUT2D eigenvalue weighted by Gasteiger charge is 2.08. The molecule has 0 amide bonds. The average molecular weight is 291 g/mol. The quantitative estimate of drug-likeness (QED) is 0.852. The highest BCUT2D eigenvalue weighted by molar-refractivity contribution is 7.83. The zero-order valence-electron chi connectivity index (χ0n) is 12.0. The largest absolute Gasteiger partial charge is 0.464 e. The molecule has 0 aliphatic heterocycles. The maximum Gasteiger partial charge on any atom is 0.118 e. The molecule has 0 radical (unpaired) electrons. The van der Waals surface area contributed by atoms with Crippen molar-refractivity contribution < 1.29 is 8.63 Å². The van der Waals surface area contributed by atoms with Crippen molar-refractivity contribution in [3.05, 3.63) is 59.0 Å². The molecule has 1 heterocycles. The Morgan fingerprint density at radius 1 is 1.15 bits per heavy atom. The van der Waals surface area contributed by atoms with E-state index in [1.54, 1.807) is 0 Å². The van der Waals surface area contributed by atoms with E-state index in [0.29, 0.717) is 11.5 Å². The van der Waals surface area contributed by atoms with E-state index in [1.165, 1.54) is 5.56 Å². The molecule has 0 aliphatic carbocycles. The zero-order valence-corrected chi connectivity index (χ0v) is 12.8. The summed E-state index contributed by atoms with van der Waals surface area (Å²) in [6, 6.07) is 12.0. The third kappa shape index (κ3) is 4.62. The summed E-state index contributed by atoms with van der Waals surface area (Å²) in [5, 5.41) is 3.21. The Hall–Kier alpha value is -1.39. The van der Waals surface area contributed by atoms with E-state index in [9.17, 15) is 4.21 Å². The van der Waals surface area contributed by atoms with Crippen LogP contribution in [0.4, 0.5) is 0 Å². The van der Waals surface area contributed by atoms with Gasteiger partial charge in [-0.25, -0.2) is 0 Å². The molecule has 0 saturated carbocycles. The molecule has 1 atom stereocenters. The van der Waals surface area contributed by atoms with Gasteiger partial charge in [-0.1, -0.05) is 36.8 Å². The van der Waals surface area contributed by atoms with Gasteiger partial charge in [-0.15, -0.1) is 0 Å². The van der Waals surface area contributed by atoms with Crippen LogP contribution in [0.1, 0.15) is 29.6 Å².